The van der Waals surface area contributed by atoms with Crippen molar-refractivity contribution in [3.63, 3.8) is 0 Å². The van der Waals surface area contributed by atoms with E-state index in [1.807, 2.05) is 22.9 Å². The van der Waals surface area contributed by atoms with E-state index in [0.29, 0.717) is 29.7 Å². The Morgan fingerprint density at radius 2 is 2.17 bits per heavy atom. The number of imidazole rings is 1. The zero-order valence-corrected chi connectivity index (χ0v) is 16.9. The average Bonchev–Trinajstić information content (AvgIpc) is 3.44. The van der Waals surface area contributed by atoms with E-state index >= 15 is 0 Å². The Morgan fingerprint density at radius 1 is 1.33 bits per heavy atom. The zero-order valence-electron chi connectivity index (χ0n) is 16.9. The average molecular weight is 407 g/mol. The van der Waals surface area contributed by atoms with Crippen LogP contribution in [0.2, 0.25) is 0 Å². The third-order valence-electron chi connectivity index (χ3n) is 5.58. The SMILES string of the molecule is COCCOC1CCC(NC(=O)c2cc(-n3ccnc3)cc3[nH]cc(C#N)c23)CC1. The van der Waals surface area contributed by atoms with Gasteiger partial charge in [0.25, 0.3) is 5.91 Å². The number of hydrogen-bond acceptors (Lipinski definition) is 5. The van der Waals surface area contributed by atoms with Gasteiger partial charge in [0.15, 0.2) is 0 Å². The molecule has 0 aliphatic heterocycles. The lowest BCUT2D eigenvalue weighted by Gasteiger charge is -2.29. The molecule has 0 spiro atoms. The number of aromatic amines is 1. The molecule has 2 N–H and O–H groups in total. The molecule has 1 aliphatic carbocycles. The standard InChI is InChI=1S/C22H25N5O3/c1-29-8-9-30-18-4-2-16(3-5-18)26-22(28)19-10-17(27-7-6-24-14-27)11-20-21(19)15(12-23)13-25-20/h6-7,10-11,13-14,16,18,25H,2-5,8-9H2,1H3,(H,26,28). The molecule has 2 aromatic heterocycles. The summed E-state index contributed by atoms with van der Waals surface area (Å²) in [5, 5.41) is 13.3. The fourth-order valence-corrected chi connectivity index (χ4v) is 4.02. The number of ether oxygens (including phenoxy) is 2. The molecule has 4 rings (SSSR count). The van der Waals surface area contributed by atoms with Gasteiger partial charge in [-0.05, 0) is 37.8 Å². The first-order chi connectivity index (χ1) is 14.7. The van der Waals surface area contributed by atoms with E-state index in [0.717, 1.165) is 36.9 Å². The van der Waals surface area contributed by atoms with Crippen molar-refractivity contribution in [1.82, 2.24) is 19.9 Å². The highest BCUT2D eigenvalue weighted by atomic mass is 16.5. The number of aromatic nitrogens is 3. The molecule has 30 heavy (non-hydrogen) atoms. The minimum absolute atomic E-state index is 0.0937. The molecule has 1 fully saturated rings. The predicted octanol–water partition coefficient (Wildman–Crippen LogP) is 2.93. The molecule has 0 atom stereocenters. The Morgan fingerprint density at radius 3 is 2.87 bits per heavy atom. The lowest BCUT2D eigenvalue weighted by molar-refractivity contribution is -0.00408. The highest BCUT2D eigenvalue weighted by Gasteiger charge is 2.25. The van der Waals surface area contributed by atoms with Gasteiger partial charge < -0.3 is 24.3 Å². The van der Waals surface area contributed by atoms with Crippen LogP contribution in [0.1, 0.15) is 41.6 Å². The third kappa shape index (κ3) is 4.22. The second-order valence-corrected chi connectivity index (χ2v) is 7.51. The molecule has 1 aromatic carbocycles. The van der Waals surface area contributed by atoms with Crippen LogP contribution in [0.4, 0.5) is 0 Å². The van der Waals surface area contributed by atoms with Gasteiger partial charge in [-0.3, -0.25) is 4.79 Å². The van der Waals surface area contributed by atoms with E-state index < -0.39 is 0 Å². The highest BCUT2D eigenvalue weighted by molar-refractivity contribution is 6.09. The Balaban J connectivity index is 1.52. The maximum atomic E-state index is 13.2. The summed E-state index contributed by atoms with van der Waals surface area (Å²) in [6.45, 7) is 1.19. The Kier molecular flexibility index (Phi) is 6.12. The molecule has 1 aliphatic rings. The van der Waals surface area contributed by atoms with Crippen LogP contribution < -0.4 is 5.32 Å². The van der Waals surface area contributed by atoms with Crippen molar-refractivity contribution in [2.24, 2.45) is 0 Å². The van der Waals surface area contributed by atoms with Crippen molar-refractivity contribution in [3.05, 3.63) is 48.2 Å². The first kappa shape index (κ1) is 20.1. The number of carbonyl (C=O) groups is 1. The van der Waals surface area contributed by atoms with Gasteiger partial charge in [0.1, 0.15) is 6.07 Å². The number of carbonyl (C=O) groups excluding carboxylic acids is 1. The Labute approximate surface area is 174 Å². The first-order valence-electron chi connectivity index (χ1n) is 10.1. The molecule has 8 nitrogen and oxygen atoms in total. The molecule has 3 aromatic rings. The number of nitriles is 1. The van der Waals surface area contributed by atoms with Crippen LogP contribution in [0.5, 0.6) is 0 Å². The normalized spacial score (nSPS) is 18.9. The summed E-state index contributed by atoms with van der Waals surface area (Å²) < 4.78 is 12.7. The van der Waals surface area contributed by atoms with Crippen molar-refractivity contribution in [2.45, 2.75) is 37.8 Å². The lowest BCUT2D eigenvalue weighted by atomic mass is 9.92. The number of H-pyrrole nitrogens is 1. The van der Waals surface area contributed by atoms with E-state index in [1.165, 1.54) is 0 Å². The van der Waals surface area contributed by atoms with E-state index in [9.17, 15) is 10.1 Å². The number of benzene rings is 1. The number of nitrogens with zero attached hydrogens (tertiary/aromatic N) is 3. The minimum atomic E-state index is -0.165. The first-order valence-corrected chi connectivity index (χ1v) is 10.1. The van der Waals surface area contributed by atoms with Crippen LogP contribution in [-0.4, -0.2) is 52.9 Å². The molecule has 0 radical (unpaired) electrons. The summed E-state index contributed by atoms with van der Waals surface area (Å²) in [4.78, 5) is 20.4. The molecule has 1 amide bonds. The number of nitrogens with one attached hydrogen (secondary N) is 2. The van der Waals surface area contributed by atoms with Gasteiger partial charge in [0.2, 0.25) is 0 Å². The number of fused-ring (bicyclic) bond motifs is 1. The van der Waals surface area contributed by atoms with Crippen LogP contribution in [0, 0.1) is 11.3 Å². The summed E-state index contributed by atoms with van der Waals surface area (Å²) in [6.07, 6.45) is 10.6. The van der Waals surface area contributed by atoms with Gasteiger partial charge in [-0.2, -0.15) is 5.26 Å². The van der Waals surface area contributed by atoms with Crippen molar-refractivity contribution < 1.29 is 14.3 Å². The fourth-order valence-electron chi connectivity index (χ4n) is 4.02. The van der Waals surface area contributed by atoms with Crippen molar-refractivity contribution >= 4 is 16.8 Å². The molecule has 0 unspecified atom stereocenters. The number of rotatable bonds is 7. The van der Waals surface area contributed by atoms with Gasteiger partial charge >= 0.3 is 0 Å². The summed E-state index contributed by atoms with van der Waals surface area (Å²) in [7, 11) is 1.66. The van der Waals surface area contributed by atoms with Gasteiger partial charge in [-0.1, -0.05) is 0 Å². The topological polar surface area (TPSA) is 105 Å². The summed E-state index contributed by atoms with van der Waals surface area (Å²) >= 11 is 0. The van der Waals surface area contributed by atoms with Crippen LogP contribution in [0.25, 0.3) is 16.6 Å². The summed E-state index contributed by atoms with van der Waals surface area (Å²) in [6, 6.07) is 6.00. The summed E-state index contributed by atoms with van der Waals surface area (Å²) in [5.41, 5.74) is 2.51. The van der Waals surface area contributed by atoms with Gasteiger partial charge in [0, 0.05) is 48.3 Å². The predicted molar refractivity (Wildman–Crippen MR) is 111 cm³/mol. The zero-order chi connectivity index (χ0) is 20.9. The van der Waals surface area contributed by atoms with E-state index in [4.69, 9.17) is 9.47 Å². The molecule has 0 saturated heterocycles. The molecule has 0 bridgehead atoms. The maximum Gasteiger partial charge on any atom is 0.252 e. The molecule has 1 saturated carbocycles. The van der Waals surface area contributed by atoms with Gasteiger partial charge in [0.05, 0.1) is 36.8 Å². The molecule has 2 heterocycles. The van der Waals surface area contributed by atoms with Crippen LogP contribution in [-0.2, 0) is 9.47 Å². The van der Waals surface area contributed by atoms with E-state index in [2.05, 4.69) is 21.4 Å². The maximum absolute atomic E-state index is 13.2. The smallest absolute Gasteiger partial charge is 0.252 e. The number of amides is 1. The van der Waals surface area contributed by atoms with Crippen molar-refractivity contribution in [2.75, 3.05) is 20.3 Å². The van der Waals surface area contributed by atoms with Gasteiger partial charge in [-0.15, -0.1) is 0 Å². The van der Waals surface area contributed by atoms with Crippen molar-refractivity contribution in [3.8, 4) is 11.8 Å². The molecular weight excluding hydrogens is 382 g/mol. The quantitative estimate of drug-likeness (QED) is 0.586. The summed E-state index contributed by atoms with van der Waals surface area (Å²) in [5.74, 6) is -0.165. The fraction of sp³-hybridized carbons (Fsp3) is 0.409. The number of methoxy groups -OCH3 is 1. The lowest BCUT2D eigenvalue weighted by Crippen LogP contribution is -2.39. The second kappa shape index (κ2) is 9.11. The number of hydrogen-bond donors (Lipinski definition) is 2. The van der Waals surface area contributed by atoms with Crippen LogP contribution >= 0.6 is 0 Å². The highest BCUT2D eigenvalue weighted by Crippen LogP contribution is 2.27. The van der Waals surface area contributed by atoms with Crippen LogP contribution in [0.3, 0.4) is 0 Å². The molecule has 8 heteroatoms. The van der Waals surface area contributed by atoms with Gasteiger partial charge in [-0.25, -0.2) is 4.98 Å². The monoisotopic (exact) mass is 407 g/mol. The van der Waals surface area contributed by atoms with Crippen molar-refractivity contribution in [1.29, 1.82) is 5.26 Å². The Bertz CT molecular complexity index is 1040. The second-order valence-electron chi connectivity index (χ2n) is 7.51. The minimum Gasteiger partial charge on any atom is -0.382 e. The third-order valence-corrected chi connectivity index (χ3v) is 5.58. The largest absolute Gasteiger partial charge is 0.382 e. The van der Waals surface area contributed by atoms with E-state index in [1.54, 1.807) is 25.8 Å². The van der Waals surface area contributed by atoms with Crippen LogP contribution in [0.15, 0.2) is 37.1 Å². The molecule has 156 valence electrons. The van der Waals surface area contributed by atoms with E-state index in [-0.39, 0.29) is 18.1 Å². The molecular formula is C22H25N5O3. The Hall–Kier alpha value is -3.15.